The van der Waals surface area contributed by atoms with Crippen LogP contribution >= 0.6 is 0 Å². The first-order valence-corrected chi connectivity index (χ1v) is 7.71. The standard InChI is InChI=1S/3C7H6O2.H2O.V/c3*8-7(9)6-4-2-1-3-5-6;;/h3*1-5H,(H,8,9);1H2;/p-3. The number of benzene rings is 3. The van der Waals surface area contributed by atoms with Crippen molar-refractivity contribution in [2.24, 2.45) is 0 Å². The molecular weight excluding hydrogens is 415 g/mol. The van der Waals surface area contributed by atoms with E-state index in [-0.39, 0.29) is 40.7 Å². The van der Waals surface area contributed by atoms with Crippen molar-refractivity contribution in [3.05, 3.63) is 108 Å². The minimum absolute atomic E-state index is 0. The summed E-state index contributed by atoms with van der Waals surface area (Å²) in [5.74, 6) is -3.39. The molecule has 0 atom stereocenters. The summed E-state index contributed by atoms with van der Waals surface area (Å²) in [4.78, 5) is 30.3. The Morgan fingerprint density at radius 1 is 0.448 bits per heavy atom. The van der Waals surface area contributed by atoms with E-state index < -0.39 is 17.9 Å². The van der Waals surface area contributed by atoms with E-state index in [9.17, 15) is 29.7 Å². The molecule has 0 bridgehead atoms. The van der Waals surface area contributed by atoms with Crippen molar-refractivity contribution in [3.8, 4) is 0 Å². The molecular formula is C21H17O7V-3. The molecule has 151 valence electrons. The quantitative estimate of drug-likeness (QED) is 0.535. The molecule has 7 nitrogen and oxygen atoms in total. The van der Waals surface area contributed by atoms with Gasteiger partial charge in [0.2, 0.25) is 0 Å². The first-order valence-electron chi connectivity index (χ1n) is 7.71. The topological polar surface area (TPSA) is 152 Å². The van der Waals surface area contributed by atoms with E-state index in [2.05, 4.69) is 0 Å². The van der Waals surface area contributed by atoms with Crippen LogP contribution in [-0.2, 0) is 18.6 Å². The average molecular weight is 432 g/mol. The zero-order chi connectivity index (χ0) is 20.1. The zero-order valence-electron chi connectivity index (χ0n) is 15.1. The minimum Gasteiger partial charge on any atom is -0.545 e. The van der Waals surface area contributed by atoms with Crippen LogP contribution in [0.25, 0.3) is 0 Å². The molecule has 3 rings (SSSR count). The molecule has 0 spiro atoms. The zero-order valence-corrected chi connectivity index (χ0v) is 16.5. The maximum atomic E-state index is 10.1. The van der Waals surface area contributed by atoms with Gasteiger partial charge < -0.3 is 35.2 Å². The van der Waals surface area contributed by atoms with Gasteiger partial charge in [-0.05, 0) is 16.7 Å². The van der Waals surface area contributed by atoms with E-state index in [0.29, 0.717) is 0 Å². The van der Waals surface area contributed by atoms with Crippen LogP contribution in [0.2, 0.25) is 0 Å². The first kappa shape index (κ1) is 27.8. The second-order valence-electron chi connectivity index (χ2n) is 4.96. The van der Waals surface area contributed by atoms with Crippen LogP contribution in [0, 0.1) is 0 Å². The van der Waals surface area contributed by atoms with Crippen LogP contribution in [0.5, 0.6) is 0 Å². The Labute approximate surface area is 179 Å². The number of carbonyl (C=O) groups excluding carboxylic acids is 3. The minimum atomic E-state index is -1.13. The Kier molecular flexibility index (Phi) is 15.0. The van der Waals surface area contributed by atoms with Gasteiger partial charge in [0.25, 0.3) is 0 Å². The van der Waals surface area contributed by atoms with E-state index in [1.54, 1.807) is 54.6 Å². The van der Waals surface area contributed by atoms with Crippen molar-refractivity contribution < 1.29 is 53.7 Å². The van der Waals surface area contributed by atoms with Crippen LogP contribution in [-0.4, -0.2) is 23.4 Å². The Balaban J connectivity index is 0. The van der Waals surface area contributed by atoms with Crippen LogP contribution < -0.4 is 15.3 Å². The third-order valence-electron chi connectivity index (χ3n) is 3.03. The second kappa shape index (κ2) is 15.7. The third kappa shape index (κ3) is 11.8. The van der Waals surface area contributed by atoms with Gasteiger partial charge in [0.1, 0.15) is 0 Å². The molecule has 0 heterocycles. The molecule has 8 heteroatoms. The smallest absolute Gasteiger partial charge is 0.0715 e. The van der Waals surface area contributed by atoms with E-state index in [4.69, 9.17) is 0 Å². The maximum Gasteiger partial charge on any atom is 0.0715 e. The number of rotatable bonds is 3. The summed E-state index contributed by atoms with van der Waals surface area (Å²) < 4.78 is 0. The van der Waals surface area contributed by atoms with Crippen LogP contribution in [0.1, 0.15) is 31.1 Å². The van der Waals surface area contributed by atoms with Gasteiger partial charge in [-0.1, -0.05) is 91.0 Å². The Morgan fingerprint density at radius 2 is 0.621 bits per heavy atom. The van der Waals surface area contributed by atoms with Gasteiger partial charge in [-0.25, -0.2) is 0 Å². The molecule has 0 aromatic heterocycles. The predicted octanol–water partition coefficient (Wildman–Crippen LogP) is -0.677. The van der Waals surface area contributed by atoms with Gasteiger partial charge in [-0.2, -0.15) is 0 Å². The molecule has 0 aliphatic rings. The molecule has 29 heavy (non-hydrogen) atoms. The van der Waals surface area contributed by atoms with Crippen molar-refractivity contribution in [2.75, 3.05) is 0 Å². The summed E-state index contributed by atoms with van der Waals surface area (Å²) in [6.07, 6.45) is 0. The molecule has 0 aliphatic carbocycles. The normalized spacial score (nSPS) is 8.28. The number of hydrogen-bond acceptors (Lipinski definition) is 6. The molecule has 3 aromatic carbocycles. The molecule has 2 N–H and O–H groups in total. The molecule has 1 radical (unpaired) electrons. The average Bonchev–Trinajstić information content (AvgIpc) is 2.71. The molecule has 0 unspecified atom stereocenters. The van der Waals surface area contributed by atoms with E-state index in [1.807, 2.05) is 0 Å². The fourth-order valence-corrected chi connectivity index (χ4v) is 1.72. The van der Waals surface area contributed by atoms with Gasteiger partial charge in [-0.3, -0.25) is 0 Å². The summed E-state index contributed by atoms with van der Waals surface area (Å²) in [5.41, 5.74) is 0.660. The Hall–Kier alpha value is -3.39. The predicted molar refractivity (Wildman–Crippen MR) is 95.9 cm³/mol. The monoisotopic (exact) mass is 432 g/mol. The summed E-state index contributed by atoms with van der Waals surface area (Å²) >= 11 is 0. The molecule has 0 fully saturated rings. The van der Waals surface area contributed by atoms with Gasteiger partial charge in [0, 0.05) is 18.6 Å². The van der Waals surface area contributed by atoms with Crippen molar-refractivity contribution >= 4 is 17.9 Å². The fraction of sp³-hybridized carbons (Fsp3) is 0. The van der Waals surface area contributed by atoms with E-state index in [0.717, 1.165) is 0 Å². The molecule has 0 amide bonds. The Bertz CT molecular complexity index is 736. The number of carboxylic acid groups (broad SMARTS) is 3. The van der Waals surface area contributed by atoms with Crippen LogP contribution in [0.3, 0.4) is 0 Å². The van der Waals surface area contributed by atoms with Gasteiger partial charge in [-0.15, -0.1) is 0 Å². The van der Waals surface area contributed by atoms with Crippen molar-refractivity contribution in [1.82, 2.24) is 0 Å². The molecule has 0 aliphatic heterocycles. The molecule has 0 saturated heterocycles. The Morgan fingerprint density at radius 3 is 0.724 bits per heavy atom. The van der Waals surface area contributed by atoms with Gasteiger partial charge in [0.05, 0.1) is 17.9 Å². The summed E-state index contributed by atoms with van der Waals surface area (Å²) in [5, 5.41) is 30.3. The summed E-state index contributed by atoms with van der Waals surface area (Å²) in [6, 6.07) is 24.2. The summed E-state index contributed by atoms with van der Waals surface area (Å²) in [6.45, 7) is 0. The van der Waals surface area contributed by atoms with Crippen LogP contribution in [0.4, 0.5) is 0 Å². The maximum absolute atomic E-state index is 10.1. The van der Waals surface area contributed by atoms with Crippen molar-refractivity contribution in [3.63, 3.8) is 0 Å². The van der Waals surface area contributed by atoms with Crippen LogP contribution in [0.15, 0.2) is 91.0 Å². The SMILES string of the molecule is O.O=C([O-])c1ccccc1.O=C([O-])c1ccccc1.O=C([O-])c1ccccc1.[V]. The molecule has 3 aromatic rings. The molecule has 0 saturated carbocycles. The largest absolute Gasteiger partial charge is 0.545 e. The van der Waals surface area contributed by atoms with Gasteiger partial charge >= 0.3 is 0 Å². The summed E-state index contributed by atoms with van der Waals surface area (Å²) in [7, 11) is 0. The number of carboxylic acids is 3. The second-order valence-corrected chi connectivity index (χ2v) is 4.96. The van der Waals surface area contributed by atoms with Crippen molar-refractivity contribution in [1.29, 1.82) is 0 Å². The van der Waals surface area contributed by atoms with E-state index in [1.165, 1.54) is 36.4 Å². The third-order valence-corrected chi connectivity index (χ3v) is 3.03. The van der Waals surface area contributed by atoms with E-state index >= 15 is 0 Å². The van der Waals surface area contributed by atoms with Crippen molar-refractivity contribution in [2.45, 2.75) is 0 Å². The number of aromatic carboxylic acids is 3. The number of hydrogen-bond donors (Lipinski definition) is 0. The fourth-order valence-electron chi connectivity index (χ4n) is 1.72. The number of carbonyl (C=O) groups is 3. The van der Waals surface area contributed by atoms with Gasteiger partial charge in [0.15, 0.2) is 0 Å². The first-order chi connectivity index (χ1) is 12.9.